The molecule has 2 aromatic rings. The van der Waals surface area contributed by atoms with Gasteiger partial charge in [-0.3, -0.25) is 4.79 Å². The molecular weight excluding hydrogens is 324 g/mol. The van der Waals surface area contributed by atoms with Gasteiger partial charge in [0.25, 0.3) is 5.91 Å². The van der Waals surface area contributed by atoms with Gasteiger partial charge in [0.15, 0.2) is 0 Å². The van der Waals surface area contributed by atoms with Gasteiger partial charge in [-0.05, 0) is 56.2 Å². The standard InChI is InChI=1S/C18H22N2O3S/c1-4-14(3)20-24(22,23)16-11-9-15(10-12-16)19-18(21)17-8-6-5-7-13(17)2/h5-12,14,20H,4H2,1-3H3,(H,19,21)/t14-/m0/s1. The molecule has 0 saturated heterocycles. The number of sulfonamides is 1. The van der Waals surface area contributed by atoms with Crippen LogP contribution >= 0.6 is 0 Å². The Kier molecular flexibility index (Phi) is 5.75. The van der Waals surface area contributed by atoms with E-state index in [1.165, 1.54) is 12.1 Å². The van der Waals surface area contributed by atoms with E-state index in [4.69, 9.17) is 0 Å². The molecule has 5 nitrogen and oxygen atoms in total. The summed E-state index contributed by atoms with van der Waals surface area (Å²) in [5.74, 6) is -0.221. The monoisotopic (exact) mass is 346 g/mol. The normalized spacial score (nSPS) is 12.6. The highest BCUT2D eigenvalue weighted by molar-refractivity contribution is 7.89. The molecule has 0 spiro atoms. The lowest BCUT2D eigenvalue weighted by molar-refractivity contribution is 0.102. The molecule has 0 radical (unpaired) electrons. The number of nitrogens with one attached hydrogen (secondary N) is 2. The quantitative estimate of drug-likeness (QED) is 0.842. The van der Waals surface area contributed by atoms with E-state index in [1.807, 2.05) is 32.9 Å². The zero-order valence-corrected chi connectivity index (χ0v) is 14.9. The summed E-state index contributed by atoms with van der Waals surface area (Å²) in [4.78, 5) is 12.4. The molecule has 1 amide bonds. The summed E-state index contributed by atoms with van der Waals surface area (Å²) in [7, 11) is -3.54. The van der Waals surface area contributed by atoms with Crippen molar-refractivity contribution in [3.63, 3.8) is 0 Å². The van der Waals surface area contributed by atoms with E-state index >= 15 is 0 Å². The molecule has 24 heavy (non-hydrogen) atoms. The van der Waals surface area contributed by atoms with Crippen molar-refractivity contribution in [2.75, 3.05) is 5.32 Å². The molecule has 6 heteroatoms. The molecule has 2 N–H and O–H groups in total. The molecule has 1 atom stereocenters. The van der Waals surface area contributed by atoms with Crippen molar-refractivity contribution in [3.05, 3.63) is 59.7 Å². The minimum Gasteiger partial charge on any atom is -0.322 e. The highest BCUT2D eigenvalue weighted by atomic mass is 32.2. The zero-order valence-electron chi connectivity index (χ0n) is 14.0. The van der Waals surface area contributed by atoms with Gasteiger partial charge in [0, 0.05) is 17.3 Å². The maximum absolute atomic E-state index is 12.3. The summed E-state index contributed by atoms with van der Waals surface area (Å²) in [6.07, 6.45) is 0.712. The Morgan fingerprint density at radius 2 is 1.71 bits per heavy atom. The van der Waals surface area contributed by atoms with Crippen molar-refractivity contribution < 1.29 is 13.2 Å². The maximum Gasteiger partial charge on any atom is 0.255 e. The highest BCUT2D eigenvalue weighted by Crippen LogP contribution is 2.16. The van der Waals surface area contributed by atoms with Crippen LogP contribution in [-0.2, 0) is 10.0 Å². The Balaban J connectivity index is 2.13. The van der Waals surface area contributed by atoms with Crippen LogP contribution in [-0.4, -0.2) is 20.4 Å². The minimum atomic E-state index is -3.54. The van der Waals surface area contributed by atoms with Crippen molar-refractivity contribution in [2.24, 2.45) is 0 Å². The number of aryl methyl sites for hydroxylation is 1. The lowest BCUT2D eigenvalue weighted by Gasteiger charge is -2.12. The van der Waals surface area contributed by atoms with Gasteiger partial charge >= 0.3 is 0 Å². The maximum atomic E-state index is 12.3. The lowest BCUT2D eigenvalue weighted by atomic mass is 10.1. The number of amides is 1. The minimum absolute atomic E-state index is 0.129. The van der Waals surface area contributed by atoms with E-state index in [0.29, 0.717) is 17.7 Å². The van der Waals surface area contributed by atoms with E-state index in [-0.39, 0.29) is 16.8 Å². The zero-order chi connectivity index (χ0) is 17.7. The van der Waals surface area contributed by atoms with Crippen molar-refractivity contribution in [3.8, 4) is 0 Å². The fourth-order valence-electron chi connectivity index (χ4n) is 2.16. The molecule has 0 aromatic heterocycles. The van der Waals surface area contributed by atoms with E-state index in [0.717, 1.165) is 5.56 Å². The second kappa shape index (κ2) is 7.59. The molecule has 0 saturated carbocycles. The number of anilines is 1. The van der Waals surface area contributed by atoms with E-state index in [1.54, 1.807) is 24.3 Å². The number of carbonyl (C=O) groups excluding carboxylic acids is 1. The predicted octanol–water partition coefficient (Wildman–Crippen LogP) is 3.32. The van der Waals surface area contributed by atoms with Crippen LogP contribution in [0.1, 0.15) is 36.2 Å². The average molecular weight is 346 g/mol. The third-order valence-corrected chi connectivity index (χ3v) is 5.39. The smallest absolute Gasteiger partial charge is 0.255 e. The first kappa shape index (κ1) is 18.2. The molecule has 0 bridgehead atoms. The third-order valence-electron chi connectivity index (χ3n) is 3.78. The Labute approximate surface area is 143 Å². The Hall–Kier alpha value is -2.18. The fourth-order valence-corrected chi connectivity index (χ4v) is 3.49. The van der Waals surface area contributed by atoms with Crippen molar-refractivity contribution in [2.45, 2.75) is 38.1 Å². The van der Waals surface area contributed by atoms with E-state index in [2.05, 4.69) is 10.0 Å². The molecule has 0 fully saturated rings. The molecule has 0 unspecified atom stereocenters. The molecule has 128 valence electrons. The summed E-state index contributed by atoms with van der Waals surface area (Å²) in [6.45, 7) is 5.59. The van der Waals surface area contributed by atoms with Gasteiger partial charge in [0.1, 0.15) is 0 Å². The van der Waals surface area contributed by atoms with Gasteiger partial charge in [-0.25, -0.2) is 13.1 Å². The van der Waals surface area contributed by atoms with Crippen LogP contribution < -0.4 is 10.0 Å². The van der Waals surface area contributed by atoms with Crippen LogP contribution in [0.15, 0.2) is 53.4 Å². The predicted molar refractivity (Wildman–Crippen MR) is 95.6 cm³/mol. The van der Waals surface area contributed by atoms with Crippen molar-refractivity contribution in [1.82, 2.24) is 4.72 Å². The summed E-state index contributed by atoms with van der Waals surface area (Å²) in [5, 5.41) is 2.78. The second-order valence-corrected chi connectivity index (χ2v) is 7.44. The average Bonchev–Trinajstić information content (AvgIpc) is 2.55. The van der Waals surface area contributed by atoms with Gasteiger partial charge in [-0.1, -0.05) is 25.1 Å². The first-order valence-electron chi connectivity index (χ1n) is 7.83. The largest absolute Gasteiger partial charge is 0.322 e. The topological polar surface area (TPSA) is 75.3 Å². The highest BCUT2D eigenvalue weighted by Gasteiger charge is 2.16. The number of hydrogen-bond donors (Lipinski definition) is 2. The summed E-state index contributed by atoms with van der Waals surface area (Å²) in [5.41, 5.74) is 2.02. The summed E-state index contributed by atoms with van der Waals surface area (Å²) >= 11 is 0. The van der Waals surface area contributed by atoms with Crippen LogP contribution in [0.25, 0.3) is 0 Å². The molecule has 2 aromatic carbocycles. The van der Waals surface area contributed by atoms with Crippen molar-refractivity contribution in [1.29, 1.82) is 0 Å². The fraction of sp³-hybridized carbons (Fsp3) is 0.278. The molecule has 0 aliphatic heterocycles. The first-order valence-corrected chi connectivity index (χ1v) is 9.31. The van der Waals surface area contributed by atoms with Crippen LogP contribution in [0.5, 0.6) is 0 Å². The summed E-state index contributed by atoms with van der Waals surface area (Å²) < 4.78 is 27.0. The molecular formula is C18H22N2O3S. The lowest BCUT2D eigenvalue weighted by Crippen LogP contribution is -2.31. The van der Waals surface area contributed by atoms with Crippen LogP contribution in [0, 0.1) is 6.92 Å². The first-order chi connectivity index (χ1) is 11.3. The Morgan fingerprint density at radius 1 is 1.08 bits per heavy atom. The molecule has 0 aliphatic carbocycles. The van der Waals surface area contributed by atoms with Gasteiger partial charge in [-0.2, -0.15) is 0 Å². The number of rotatable bonds is 6. The number of carbonyl (C=O) groups is 1. The molecule has 0 aliphatic rings. The molecule has 2 rings (SSSR count). The number of benzene rings is 2. The van der Waals surface area contributed by atoms with Gasteiger partial charge in [0.2, 0.25) is 10.0 Å². The number of hydrogen-bond acceptors (Lipinski definition) is 3. The van der Waals surface area contributed by atoms with E-state index in [9.17, 15) is 13.2 Å². The van der Waals surface area contributed by atoms with Crippen LogP contribution in [0.4, 0.5) is 5.69 Å². The van der Waals surface area contributed by atoms with Gasteiger partial charge < -0.3 is 5.32 Å². The summed E-state index contributed by atoms with van der Waals surface area (Å²) in [6, 6.07) is 13.3. The van der Waals surface area contributed by atoms with Crippen LogP contribution in [0.3, 0.4) is 0 Å². The third kappa shape index (κ3) is 4.43. The van der Waals surface area contributed by atoms with Crippen molar-refractivity contribution >= 4 is 21.6 Å². The Morgan fingerprint density at radius 3 is 2.29 bits per heavy atom. The Bertz CT molecular complexity index is 814. The molecule has 0 heterocycles. The second-order valence-electron chi connectivity index (χ2n) is 5.72. The SMILES string of the molecule is CC[C@H](C)NS(=O)(=O)c1ccc(NC(=O)c2ccccc2C)cc1. The van der Waals surface area contributed by atoms with Gasteiger partial charge in [-0.15, -0.1) is 0 Å². The van der Waals surface area contributed by atoms with Gasteiger partial charge in [0.05, 0.1) is 4.90 Å². The van der Waals surface area contributed by atoms with Crippen LogP contribution in [0.2, 0.25) is 0 Å². The van der Waals surface area contributed by atoms with E-state index < -0.39 is 10.0 Å².